The quantitative estimate of drug-likeness (QED) is 0.729. The monoisotopic (exact) mass is 395 g/mol. The second-order valence-electron chi connectivity index (χ2n) is 4.46. The Labute approximate surface area is 126 Å². The smallest absolute Gasteiger partial charge is 0.207 e. The molecule has 0 bridgehead atoms. The van der Waals surface area contributed by atoms with Crippen molar-refractivity contribution in [3.05, 3.63) is 28.2 Å². The van der Waals surface area contributed by atoms with E-state index in [1.807, 2.05) is 0 Å². The van der Waals surface area contributed by atoms with Crippen molar-refractivity contribution in [2.75, 3.05) is 6.54 Å². The Morgan fingerprint density at radius 2 is 1.76 bits per heavy atom. The predicted molar refractivity (Wildman–Crippen MR) is 69.1 cm³/mol. The minimum absolute atomic E-state index is 0.105. The molecule has 0 N–H and O–H groups in total. The fraction of sp³-hybridized carbons (Fsp3) is 0.455. The van der Waals surface area contributed by atoms with Crippen LogP contribution in [0, 0.1) is 11.6 Å². The Bertz CT molecular complexity index is 607. The van der Waals surface area contributed by atoms with Crippen molar-refractivity contribution < 1.29 is 30.4 Å². The number of alkyl halides is 3. The van der Waals surface area contributed by atoms with Crippen molar-refractivity contribution in [2.24, 2.45) is 0 Å². The largest absolute Gasteiger partial charge is 0.402 e. The van der Waals surface area contributed by atoms with Crippen LogP contribution in [0.15, 0.2) is 21.5 Å². The summed E-state index contributed by atoms with van der Waals surface area (Å²) in [4.78, 5) is -1.03. The number of nitrogens with zero attached hydrogens (tertiary/aromatic N) is 1. The van der Waals surface area contributed by atoms with Crippen LogP contribution >= 0.6 is 15.9 Å². The average Bonchev–Trinajstić information content (AvgIpc) is 2.21. The van der Waals surface area contributed by atoms with E-state index in [-0.39, 0.29) is 4.31 Å². The van der Waals surface area contributed by atoms with Crippen molar-refractivity contribution in [3.8, 4) is 0 Å². The lowest BCUT2D eigenvalue weighted by atomic mass is 10.3. The summed E-state index contributed by atoms with van der Waals surface area (Å²) in [6, 6.07) is -0.0980. The van der Waals surface area contributed by atoms with E-state index in [4.69, 9.17) is 0 Å². The Morgan fingerprint density at radius 1 is 1.24 bits per heavy atom. The molecule has 0 spiro atoms. The van der Waals surface area contributed by atoms with E-state index in [0.29, 0.717) is 12.1 Å². The van der Waals surface area contributed by atoms with Crippen LogP contribution in [0.2, 0.25) is 0 Å². The predicted octanol–water partition coefficient (Wildman–Crippen LogP) is 3.69. The maximum atomic E-state index is 13.7. The second-order valence-corrected chi connectivity index (χ2v) is 7.14. The lowest BCUT2D eigenvalue weighted by molar-refractivity contribution is -0.138. The molecule has 0 saturated carbocycles. The summed E-state index contributed by atoms with van der Waals surface area (Å²) in [6.07, 6.45) is -4.79. The molecule has 0 aliphatic carbocycles. The van der Waals surface area contributed by atoms with Crippen molar-refractivity contribution in [2.45, 2.75) is 31.0 Å². The minimum Gasteiger partial charge on any atom is -0.207 e. The highest BCUT2D eigenvalue weighted by molar-refractivity contribution is 9.10. The van der Waals surface area contributed by atoms with E-state index in [2.05, 4.69) is 15.9 Å². The van der Waals surface area contributed by atoms with Crippen LogP contribution in [0.4, 0.5) is 22.0 Å². The molecular weight excluding hydrogens is 385 g/mol. The maximum Gasteiger partial charge on any atom is 0.402 e. The van der Waals surface area contributed by atoms with E-state index < -0.39 is 49.8 Å². The third-order valence-corrected chi connectivity index (χ3v) is 5.43. The Balaban J connectivity index is 3.44. The molecule has 1 aromatic rings. The first-order valence-electron chi connectivity index (χ1n) is 5.59. The summed E-state index contributed by atoms with van der Waals surface area (Å²) in [6.45, 7) is 0.674. The Hall–Kier alpha value is -0.740. The number of sulfonamides is 1. The highest BCUT2D eigenvalue weighted by Crippen LogP contribution is 2.31. The zero-order valence-corrected chi connectivity index (χ0v) is 13.3. The molecule has 10 heteroatoms. The van der Waals surface area contributed by atoms with Gasteiger partial charge in [0, 0.05) is 16.6 Å². The molecular formula is C11H11BrF5NO2S. The molecule has 0 radical (unpaired) electrons. The normalized spacial score (nSPS) is 13.2. The molecule has 0 fully saturated rings. The topological polar surface area (TPSA) is 37.4 Å². The van der Waals surface area contributed by atoms with E-state index in [1.165, 1.54) is 13.8 Å². The number of hydrogen-bond donors (Lipinski definition) is 0. The summed E-state index contributed by atoms with van der Waals surface area (Å²) in [5.41, 5.74) is 0. The third kappa shape index (κ3) is 4.36. The SMILES string of the molecule is CC(C)N(CC(F)(F)F)S(=O)(=O)c1c(F)cc(F)cc1Br. The number of benzene rings is 1. The van der Waals surface area contributed by atoms with Gasteiger partial charge in [0.15, 0.2) is 0 Å². The molecule has 0 atom stereocenters. The van der Waals surface area contributed by atoms with Crippen LogP contribution in [-0.4, -0.2) is 31.5 Å². The summed E-state index contributed by atoms with van der Waals surface area (Å²) in [5.74, 6) is -2.51. The van der Waals surface area contributed by atoms with E-state index in [1.54, 1.807) is 0 Å². The van der Waals surface area contributed by atoms with Crippen molar-refractivity contribution >= 4 is 26.0 Å². The van der Waals surface area contributed by atoms with Crippen LogP contribution in [0.25, 0.3) is 0 Å². The lowest BCUT2D eigenvalue weighted by Crippen LogP contribution is -2.43. The molecule has 1 rings (SSSR count). The van der Waals surface area contributed by atoms with Crippen LogP contribution in [0.3, 0.4) is 0 Å². The molecule has 120 valence electrons. The molecule has 0 amide bonds. The van der Waals surface area contributed by atoms with Gasteiger partial charge in [0.1, 0.15) is 23.1 Å². The second kappa shape index (κ2) is 6.17. The van der Waals surface area contributed by atoms with Crippen LogP contribution in [0.5, 0.6) is 0 Å². The van der Waals surface area contributed by atoms with E-state index in [9.17, 15) is 30.4 Å². The fourth-order valence-electron chi connectivity index (χ4n) is 1.61. The van der Waals surface area contributed by atoms with Crippen molar-refractivity contribution in [1.29, 1.82) is 0 Å². The highest BCUT2D eigenvalue weighted by atomic mass is 79.9. The van der Waals surface area contributed by atoms with E-state index >= 15 is 0 Å². The van der Waals surface area contributed by atoms with Gasteiger partial charge in [-0.3, -0.25) is 0 Å². The number of halogens is 6. The Morgan fingerprint density at radius 3 is 2.14 bits per heavy atom. The minimum atomic E-state index is -4.79. The van der Waals surface area contributed by atoms with Crippen molar-refractivity contribution in [3.63, 3.8) is 0 Å². The summed E-state index contributed by atoms with van der Waals surface area (Å²) < 4.78 is 88.3. The van der Waals surface area contributed by atoms with Gasteiger partial charge in [-0.05, 0) is 35.8 Å². The Kier molecular flexibility index (Phi) is 5.38. The van der Waals surface area contributed by atoms with E-state index in [0.717, 1.165) is 0 Å². The van der Waals surface area contributed by atoms with Crippen LogP contribution < -0.4 is 0 Å². The number of rotatable bonds is 4. The summed E-state index contributed by atoms with van der Waals surface area (Å²) in [7, 11) is -4.79. The molecule has 0 unspecified atom stereocenters. The van der Waals surface area contributed by atoms with Gasteiger partial charge in [-0.1, -0.05) is 0 Å². The zero-order valence-electron chi connectivity index (χ0n) is 10.9. The maximum absolute atomic E-state index is 13.7. The molecule has 0 saturated heterocycles. The molecule has 0 heterocycles. The van der Waals surface area contributed by atoms with Gasteiger partial charge < -0.3 is 0 Å². The molecule has 1 aromatic carbocycles. The molecule has 21 heavy (non-hydrogen) atoms. The van der Waals surface area contributed by atoms with Crippen molar-refractivity contribution in [1.82, 2.24) is 4.31 Å². The van der Waals surface area contributed by atoms with Gasteiger partial charge in [-0.15, -0.1) is 0 Å². The van der Waals surface area contributed by atoms with Crippen LogP contribution in [-0.2, 0) is 10.0 Å². The summed E-state index contributed by atoms with van der Waals surface area (Å²) in [5, 5.41) is 0. The number of hydrogen-bond acceptors (Lipinski definition) is 2. The standard InChI is InChI=1S/C11H11BrF5NO2S/c1-6(2)18(5-11(15,16)17)21(19,20)10-8(12)3-7(13)4-9(10)14/h3-4,6H,5H2,1-2H3. The van der Waals surface area contributed by atoms with Gasteiger partial charge in [-0.25, -0.2) is 17.2 Å². The molecule has 0 aliphatic rings. The lowest BCUT2D eigenvalue weighted by Gasteiger charge is -2.27. The third-order valence-electron chi connectivity index (χ3n) is 2.44. The fourth-order valence-corrected chi connectivity index (χ4v) is 4.35. The first-order chi connectivity index (χ1) is 9.36. The molecule has 0 aliphatic heterocycles. The van der Waals surface area contributed by atoms with Gasteiger partial charge >= 0.3 is 6.18 Å². The summed E-state index contributed by atoms with van der Waals surface area (Å²) >= 11 is 2.66. The van der Waals surface area contributed by atoms with Gasteiger partial charge in [0.2, 0.25) is 10.0 Å². The van der Waals surface area contributed by atoms with Gasteiger partial charge in [-0.2, -0.15) is 17.5 Å². The van der Waals surface area contributed by atoms with Gasteiger partial charge in [0.05, 0.1) is 0 Å². The average molecular weight is 396 g/mol. The van der Waals surface area contributed by atoms with Crippen LogP contribution in [0.1, 0.15) is 13.8 Å². The van der Waals surface area contributed by atoms with Gasteiger partial charge in [0.25, 0.3) is 0 Å². The highest BCUT2D eigenvalue weighted by Gasteiger charge is 2.40. The molecule has 3 nitrogen and oxygen atoms in total. The molecule has 0 aromatic heterocycles. The zero-order chi connectivity index (χ0) is 16.6. The first-order valence-corrected chi connectivity index (χ1v) is 7.82. The first kappa shape index (κ1) is 18.3.